The van der Waals surface area contributed by atoms with E-state index in [0.29, 0.717) is 38.7 Å². The van der Waals surface area contributed by atoms with Crippen molar-refractivity contribution in [3.8, 4) is 0 Å². The van der Waals surface area contributed by atoms with Crippen molar-refractivity contribution in [3.05, 3.63) is 17.5 Å². The van der Waals surface area contributed by atoms with Crippen LogP contribution in [0.2, 0.25) is 0 Å². The topological polar surface area (TPSA) is 65.8 Å². The number of carbonyl (C=O) groups is 1. The fourth-order valence-corrected chi connectivity index (χ4v) is 2.71. The molecule has 0 spiro atoms. The van der Waals surface area contributed by atoms with Gasteiger partial charge in [0.2, 0.25) is 5.91 Å². The zero-order valence-electron chi connectivity index (χ0n) is 15.0. The number of aryl methyl sites for hydroxylation is 1. The second-order valence-corrected chi connectivity index (χ2v) is 5.84. The van der Waals surface area contributed by atoms with Crippen LogP contribution < -0.4 is 5.32 Å². The third-order valence-electron chi connectivity index (χ3n) is 3.93. The minimum absolute atomic E-state index is 0. The van der Waals surface area contributed by atoms with Crippen LogP contribution in [0.5, 0.6) is 0 Å². The second-order valence-electron chi connectivity index (χ2n) is 5.84. The summed E-state index contributed by atoms with van der Waals surface area (Å²) in [6.07, 6.45) is -3.17. The molecule has 1 aliphatic rings. The summed E-state index contributed by atoms with van der Waals surface area (Å²) in [5, 5.41) is 6.59. The molecular weight excluding hydrogens is 464 g/mol. The Bertz CT molecular complexity index is 638. The fourth-order valence-electron chi connectivity index (χ4n) is 2.71. The van der Waals surface area contributed by atoms with E-state index < -0.39 is 11.9 Å². The van der Waals surface area contributed by atoms with Gasteiger partial charge < -0.3 is 15.1 Å². The largest absolute Gasteiger partial charge is 0.435 e. The highest BCUT2D eigenvalue weighted by Gasteiger charge is 2.36. The predicted octanol–water partition coefficient (Wildman–Crippen LogP) is 1.69. The molecule has 11 heteroatoms. The average Bonchev–Trinajstić information content (AvgIpc) is 2.92. The smallest absolute Gasteiger partial charge is 0.357 e. The fraction of sp³-hybridized carbons (Fsp3) is 0.667. The van der Waals surface area contributed by atoms with Gasteiger partial charge in [0.25, 0.3) is 0 Å². The summed E-state index contributed by atoms with van der Waals surface area (Å²) in [6, 6.07) is 0. The first-order valence-electron chi connectivity index (χ1n) is 8.10. The quantitative estimate of drug-likeness (QED) is 0.400. The van der Waals surface area contributed by atoms with Gasteiger partial charge in [-0.2, -0.15) is 18.3 Å². The normalized spacial score (nSPS) is 15.7. The Kier molecular flexibility index (Phi) is 8.15. The number of nitrogens with zero attached hydrogens (tertiary/aromatic N) is 5. The predicted molar refractivity (Wildman–Crippen MR) is 102 cm³/mol. The average molecular weight is 488 g/mol. The van der Waals surface area contributed by atoms with Crippen LogP contribution in [0.4, 0.5) is 13.2 Å². The molecule has 0 aliphatic carbocycles. The minimum Gasteiger partial charge on any atom is -0.357 e. The number of carbonyl (C=O) groups excluding carboxylic acids is 1. The van der Waals surface area contributed by atoms with Crippen molar-refractivity contribution in [1.29, 1.82) is 0 Å². The number of piperazine rings is 1. The van der Waals surface area contributed by atoms with Gasteiger partial charge in [0.1, 0.15) is 0 Å². The lowest BCUT2D eigenvalue weighted by Gasteiger charge is -2.36. The van der Waals surface area contributed by atoms with E-state index >= 15 is 0 Å². The Morgan fingerprint density at radius 2 is 1.85 bits per heavy atom. The molecule has 26 heavy (non-hydrogen) atoms. The number of aliphatic imine (C=N–C) groups is 1. The Hall–Kier alpha value is -1.53. The Balaban J connectivity index is 0.00000338. The summed E-state index contributed by atoms with van der Waals surface area (Å²) in [4.78, 5) is 19.4. The lowest BCUT2D eigenvalue weighted by atomic mass is 10.2. The van der Waals surface area contributed by atoms with Crippen molar-refractivity contribution < 1.29 is 18.0 Å². The van der Waals surface area contributed by atoms with Gasteiger partial charge in [0, 0.05) is 58.5 Å². The molecule has 0 unspecified atom stereocenters. The molecule has 1 aliphatic heterocycles. The van der Waals surface area contributed by atoms with E-state index in [1.165, 1.54) is 20.2 Å². The highest BCUT2D eigenvalue weighted by molar-refractivity contribution is 14.0. The van der Waals surface area contributed by atoms with E-state index in [2.05, 4.69) is 15.4 Å². The zero-order valence-corrected chi connectivity index (χ0v) is 17.3. The maximum Gasteiger partial charge on any atom is 0.435 e. The molecule has 1 fully saturated rings. The van der Waals surface area contributed by atoms with Gasteiger partial charge >= 0.3 is 6.18 Å². The highest BCUT2D eigenvalue weighted by Crippen LogP contribution is 2.30. The number of guanidine groups is 1. The molecule has 148 valence electrons. The first-order chi connectivity index (χ1) is 11.7. The number of aromatic nitrogens is 2. The van der Waals surface area contributed by atoms with Gasteiger partial charge in [-0.05, 0) is 6.92 Å². The monoisotopic (exact) mass is 488 g/mol. The molecule has 0 atom stereocenters. The van der Waals surface area contributed by atoms with Crippen LogP contribution in [-0.2, 0) is 24.6 Å². The van der Waals surface area contributed by atoms with Crippen LogP contribution in [0, 0.1) is 0 Å². The number of halogens is 4. The molecular formula is C15H24F3IN6O. The summed E-state index contributed by atoms with van der Waals surface area (Å²) < 4.78 is 40.2. The van der Waals surface area contributed by atoms with Crippen molar-refractivity contribution >= 4 is 35.8 Å². The van der Waals surface area contributed by atoms with E-state index in [0.717, 1.165) is 4.68 Å². The summed E-state index contributed by atoms with van der Waals surface area (Å²) in [6.45, 7) is 6.22. The van der Waals surface area contributed by atoms with Gasteiger partial charge in [-0.1, -0.05) is 0 Å². The molecule has 1 amide bonds. The Morgan fingerprint density at radius 3 is 2.35 bits per heavy atom. The molecule has 1 saturated heterocycles. The van der Waals surface area contributed by atoms with E-state index in [9.17, 15) is 18.0 Å². The second kappa shape index (κ2) is 9.42. The third kappa shape index (κ3) is 5.74. The molecule has 0 aromatic carbocycles. The van der Waals surface area contributed by atoms with Crippen LogP contribution >= 0.6 is 24.0 Å². The number of nitrogens with one attached hydrogen (secondary N) is 1. The minimum atomic E-state index is -4.50. The molecule has 1 N–H and O–H groups in total. The van der Waals surface area contributed by atoms with Crippen LogP contribution in [0.25, 0.3) is 0 Å². The molecule has 2 heterocycles. The number of hydrogen-bond donors (Lipinski definition) is 1. The first kappa shape index (κ1) is 22.5. The lowest BCUT2D eigenvalue weighted by Crippen LogP contribution is -2.53. The summed E-state index contributed by atoms with van der Waals surface area (Å²) >= 11 is 0. The summed E-state index contributed by atoms with van der Waals surface area (Å²) in [5.41, 5.74) is -0.872. The van der Waals surface area contributed by atoms with Crippen molar-refractivity contribution in [3.63, 3.8) is 0 Å². The van der Waals surface area contributed by atoms with E-state index in [1.807, 2.05) is 11.8 Å². The Morgan fingerprint density at radius 1 is 1.27 bits per heavy atom. The van der Waals surface area contributed by atoms with Gasteiger partial charge in [-0.25, -0.2) is 4.99 Å². The summed E-state index contributed by atoms with van der Waals surface area (Å²) in [5.74, 6) is 0.564. The SMILES string of the molecule is CCNC(=NCc1cn(C)nc1C(F)(F)F)N1CCN(C(C)=O)CC1.I. The van der Waals surface area contributed by atoms with Gasteiger partial charge in [0.15, 0.2) is 11.7 Å². The highest BCUT2D eigenvalue weighted by atomic mass is 127. The molecule has 0 radical (unpaired) electrons. The standard InChI is InChI=1S/C15H23F3N6O.HI/c1-4-19-14(24-7-5-23(6-8-24)11(2)25)20-9-12-10-22(3)21-13(12)15(16,17)18;/h10H,4-9H2,1-3H3,(H,19,20);1H. The van der Waals surface area contributed by atoms with Crippen LogP contribution in [0.1, 0.15) is 25.1 Å². The van der Waals surface area contributed by atoms with Crippen molar-refractivity contribution in [1.82, 2.24) is 24.9 Å². The van der Waals surface area contributed by atoms with E-state index in [4.69, 9.17) is 0 Å². The van der Waals surface area contributed by atoms with Crippen molar-refractivity contribution in [2.45, 2.75) is 26.6 Å². The van der Waals surface area contributed by atoms with Gasteiger partial charge in [-0.15, -0.1) is 24.0 Å². The van der Waals surface area contributed by atoms with Gasteiger partial charge in [-0.3, -0.25) is 9.48 Å². The number of amides is 1. The molecule has 2 rings (SSSR count). The molecule has 0 saturated carbocycles. The number of alkyl halides is 3. The van der Waals surface area contributed by atoms with E-state index in [1.54, 1.807) is 4.90 Å². The summed E-state index contributed by atoms with van der Waals surface area (Å²) in [7, 11) is 1.45. The lowest BCUT2D eigenvalue weighted by molar-refractivity contribution is -0.142. The maximum absolute atomic E-state index is 13.0. The maximum atomic E-state index is 13.0. The third-order valence-corrected chi connectivity index (χ3v) is 3.93. The molecule has 7 nitrogen and oxygen atoms in total. The van der Waals surface area contributed by atoms with Crippen LogP contribution in [-0.4, -0.2) is 64.2 Å². The zero-order chi connectivity index (χ0) is 18.6. The molecule has 1 aromatic rings. The first-order valence-corrected chi connectivity index (χ1v) is 8.10. The van der Waals surface area contributed by atoms with Crippen molar-refractivity contribution in [2.24, 2.45) is 12.0 Å². The molecule has 1 aromatic heterocycles. The number of hydrogen-bond acceptors (Lipinski definition) is 3. The van der Waals surface area contributed by atoms with E-state index in [-0.39, 0.29) is 42.0 Å². The molecule has 0 bridgehead atoms. The van der Waals surface area contributed by atoms with Crippen molar-refractivity contribution in [2.75, 3.05) is 32.7 Å². The van der Waals surface area contributed by atoms with Gasteiger partial charge in [0.05, 0.1) is 6.54 Å². The number of rotatable bonds is 3. The van der Waals surface area contributed by atoms with Crippen LogP contribution in [0.15, 0.2) is 11.2 Å². The Labute approximate surface area is 167 Å². The van der Waals surface area contributed by atoms with Crippen LogP contribution in [0.3, 0.4) is 0 Å².